The van der Waals surface area contributed by atoms with Crippen LogP contribution in [0.4, 0.5) is 4.79 Å². The minimum absolute atomic E-state index is 0.0850. The van der Waals surface area contributed by atoms with Gasteiger partial charge in [0.2, 0.25) is 0 Å². The van der Waals surface area contributed by atoms with Crippen molar-refractivity contribution in [1.82, 2.24) is 39.3 Å². The lowest BCUT2D eigenvalue weighted by atomic mass is 10.1. The van der Waals surface area contributed by atoms with Crippen molar-refractivity contribution in [3.05, 3.63) is 66.2 Å². The van der Waals surface area contributed by atoms with Gasteiger partial charge in [0.15, 0.2) is 12.1 Å². The predicted molar refractivity (Wildman–Crippen MR) is 175 cm³/mol. The number of pyridine rings is 1. The second-order valence-corrected chi connectivity index (χ2v) is 13.4. The average molecular weight is 629 g/mol. The summed E-state index contributed by atoms with van der Waals surface area (Å²) < 4.78 is 15.3. The Bertz CT molecular complexity index is 1770. The van der Waals surface area contributed by atoms with Crippen molar-refractivity contribution in [2.24, 2.45) is 0 Å². The molecule has 6 rings (SSSR count). The molecule has 0 bridgehead atoms. The van der Waals surface area contributed by atoms with Crippen molar-refractivity contribution >= 4 is 23.1 Å². The van der Waals surface area contributed by atoms with Gasteiger partial charge in [-0.3, -0.25) is 4.40 Å². The molecule has 12 heteroatoms. The fraction of sp³-hybridized carbons (Fsp3) is 0.424. The molecule has 1 atom stereocenters. The first-order chi connectivity index (χ1) is 21.6. The van der Waals surface area contributed by atoms with Crippen molar-refractivity contribution < 1.29 is 14.3 Å². The molecule has 11 nitrogen and oxygen atoms in total. The zero-order valence-electron chi connectivity index (χ0n) is 26.5. The molecule has 0 saturated carbocycles. The van der Waals surface area contributed by atoms with Gasteiger partial charge in [0.25, 0.3) is 0 Å². The highest BCUT2D eigenvalue weighted by Gasteiger charge is 2.24. The maximum atomic E-state index is 12.0. The number of aromatic nitrogens is 6. The zero-order valence-corrected chi connectivity index (χ0v) is 27.3. The van der Waals surface area contributed by atoms with Crippen LogP contribution in [-0.2, 0) is 16.0 Å². The van der Waals surface area contributed by atoms with Gasteiger partial charge in [0.05, 0.1) is 11.4 Å². The minimum atomic E-state index is -0.520. The summed E-state index contributed by atoms with van der Waals surface area (Å²) in [4.78, 5) is 29.8. The van der Waals surface area contributed by atoms with Gasteiger partial charge in [0, 0.05) is 38.0 Å². The van der Waals surface area contributed by atoms with Crippen molar-refractivity contribution in [2.45, 2.75) is 65.3 Å². The summed E-state index contributed by atoms with van der Waals surface area (Å²) >= 11 is 1.58. The molecule has 1 aliphatic heterocycles. The lowest BCUT2D eigenvalue weighted by molar-refractivity contribution is -0.0395. The second-order valence-electron chi connectivity index (χ2n) is 12.4. The van der Waals surface area contributed by atoms with E-state index in [0.717, 1.165) is 69.6 Å². The minimum Gasteiger partial charge on any atom is -0.444 e. The van der Waals surface area contributed by atoms with E-state index in [9.17, 15) is 4.79 Å². The molecule has 1 saturated heterocycles. The third kappa shape index (κ3) is 7.24. The van der Waals surface area contributed by atoms with Crippen LogP contribution in [0.5, 0.6) is 0 Å². The van der Waals surface area contributed by atoms with E-state index in [-0.39, 0.29) is 6.23 Å². The monoisotopic (exact) mass is 628 g/mol. The van der Waals surface area contributed by atoms with Crippen LogP contribution < -0.4 is 5.32 Å². The number of fused-ring (bicyclic) bond motifs is 1. The Morgan fingerprint density at radius 3 is 2.73 bits per heavy atom. The summed E-state index contributed by atoms with van der Waals surface area (Å²) in [5.41, 5.74) is 5.16. The van der Waals surface area contributed by atoms with Gasteiger partial charge in [-0.05, 0) is 65.6 Å². The third-order valence-electron chi connectivity index (χ3n) is 7.51. The Balaban J connectivity index is 1.27. The number of nitrogens with zero attached hydrogens (tertiary/aromatic N) is 7. The van der Waals surface area contributed by atoms with E-state index >= 15 is 0 Å². The fourth-order valence-electron chi connectivity index (χ4n) is 5.43. The number of ether oxygens (including phenoxy) is 2. The van der Waals surface area contributed by atoms with Crippen LogP contribution in [0.3, 0.4) is 0 Å². The number of carbonyl (C=O) groups excluding carboxylic acids is 1. The van der Waals surface area contributed by atoms with Crippen LogP contribution in [-0.4, -0.2) is 72.5 Å². The summed E-state index contributed by atoms with van der Waals surface area (Å²) in [6.07, 6.45) is 6.53. The number of hydrogen-bond acceptors (Lipinski definition) is 9. The molecular formula is C33H40N8O3S. The lowest BCUT2D eigenvalue weighted by Gasteiger charge is -2.21. The first-order valence-electron chi connectivity index (χ1n) is 15.4. The number of hydrogen-bond donors (Lipinski definition) is 1. The summed E-state index contributed by atoms with van der Waals surface area (Å²) in [5, 5.41) is 8.54. The molecule has 1 N–H and O–H groups in total. The number of amides is 1. The molecule has 0 radical (unpaired) electrons. The summed E-state index contributed by atoms with van der Waals surface area (Å²) in [5.74, 6) is 0.639. The van der Waals surface area contributed by atoms with E-state index in [4.69, 9.17) is 29.5 Å². The SMILES string of the molecule is Cc1nc2ccc(CN(C)CCNC(=O)OC(C)(C)C)cn2c1-c1nc(-c2ccccc2)c(-c2ncn(C3CCCCO3)n2)s1. The summed E-state index contributed by atoms with van der Waals surface area (Å²) in [7, 11) is 2.03. The van der Waals surface area contributed by atoms with Gasteiger partial charge in [0.1, 0.15) is 33.2 Å². The molecule has 1 amide bonds. The number of rotatable bonds is 9. The molecule has 5 heterocycles. The summed E-state index contributed by atoms with van der Waals surface area (Å²) in [6, 6.07) is 14.3. The van der Waals surface area contributed by atoms with Gasteiger partial charge in [-0.25, -0.2) is 24.4 Å². The van der Waals surface area contributed by atoms with E-state index in [2.05, 4.69) is 39.0 Å². The van der Waals surface area contributed by atoms with E-state index in [0.29, 0.717) is 25.5 Å². The number of nitrogens with one attached hydrogen (secondary N) is 1. The number of carbonyl (C=O) groups is 1. The second kappa shape index (κ2) is 13.1. The maximum absolute atomic E-state index is 12.0. The van der Waals surface area contributed by atoms with Crippen LogP contribution in [0.25, 0.3) is 38.3 Å². The van der Waals surface area contributed by atoms with Crippen LogP contribution in [0.1, 0.15) is 57.5 Å². The molecule has 4 aromatic heterocycles. The lowest BCUT2D eigenvalue weighted by Crippen LogP contribution is -2.36. The van der Waals surface area contributed by atoms with Crippen molar-refractivity contribution in [3.63, 3.8) is 0 Å². The van der Waals surface area contributed by atoms with E-state index in [1.807, 2.05) is 63.7 Å². The first-order valence-corrected chi connectivity index (χ1v) is 16.2. The molecule has 1 aromatic carbocycles. The van der Waals surface area contributed by atoms with Crippen molar-refractivity contribution in [1.29, 1.82) is 0 Å². The molecule has 0 spiro atoms. The number of benzene rings is 1. The summed E-state index contributed by atoms with van der Waals surface area (Å²) in [6.45, 7) is 10.2. The molecule has 1 fully saturated rings. The predicted octanol–water partition coefficient (Wildman–Crippen LogP) is 6.35. The van der Waals surface area contributed by atoms with Crippen LogP contribution in [0.15, 0.2) is 55.0 Å². The highest BCUT2D eigenvalue weighted by Crippen LogP contribution is 2.40. The number of thiazole rings is 1. The number of aryl methyl sites for hydroxylation is 1. The Morgan fingerprint density at radius 2 is 1.98 bits per heavy atom. The molecule has 1 unspecified atom stereocenters. The van der Waals surface area contributed by atoms with Gasteiger partial charge < -0.3 is 19.7 Å². The Hall–Kier alpha value is -4.13. The molecule has 1 aliphatic rings. The van der Waals surface area contributed by atoms with E-state index in [1.54, 1.807) is 17.7 Å². The van der Waals surface area contributed by atoms with Gasteiger partial charge in [-0.1, -0.05) is 36.4 Å². The third-order valence-corrected chi connectivity index (χ3v) is 8.57. The standard InChI is InChI=1S/C33H40N8O3S/c1-22-28(40-20-23(14-15-25(40)36-22)19-39(5)17-16-34-32(42)44-33(2,3)4)31-37-27(24-11-7-6-8-12-24)29(45-31)30-35-21-41(38-30)26-13-9-10-18-43-26/h6-8,11-12,14-15,20-21,26H,9-10,13,16-19H2,1-5H3,(H,34,42). The zero-order chi connectivity index (χ0) is 31.6. The molecule has 0 aliphatic carbocycles. The van der Waals surface area contributed by atoms with Gasteiger partial charge in [-0.15, -0.1) is 16.4 Å². The Morgan fingerprint density at radius 1 is 1.16 bits per heavy atom. The highest BCUT2D eigenvalue weighted by atomic mass is 32.1. The Kier molecular flexibility index (Phi) is 8.97. The average Bonchev–Trinajstić information content (AvgIpc) is 3.74. The van der Waals surface area contributed by atoms with Crippen LogP contribution in [0, 0.1) is 6.92 Å². The smallest absolute Gasteiger partial charge is 0.407 e. The molecule has 45 heavy (non-hydrogen) atoms. The van der Waals surface area contributed by atoms with Gasteiger partial charge >= 0.3 is 6.09 Å². The van der Waals surface area contributed by atoms with E-state index < -0.39 is 11.7 Å². The molecular weight excluding hydrogens is 588 g/mol. The number of likely N-dealkylation sites (N-methyl/N-ethyl adjacent to an activating group) is 1. The van der Waals surface area contributed by atoms with Crippen molar-refractivity contribution in [3.8, 4) is 32.7 Å². The van der Waals surface area contributed by atoms with Gasteiger partial charge in [-0.2, -0.15) is 0 Å². The fourth-order valence-corrected chi connectivity index (χ4v) is 6.54. The van der Waals surface area contributed by atoms with E-state index in [1.165, 1.54) is 0 Å². The highest BCUT2D eigenvalue weighted by molar-refractivity contribution is 7.18. The van der Waals surface area contributed by atoms with Crippen LogP contribution in [0.2, 0.25) is 0 Å². The normalized spacial score (nSPS) is 15.6. The first kappa shape index (κ1) is 30.9. The topological polar surface area (TPSA) is 112 Å². The largest absolute Gasteiger partial charge is 0.444 e. The number of alkyl carbamates (subject to hydrolysis) is 1. The van der Waals surface area contributed by atoms with Crippen LogP contribution >= 0.6 is 11.3 Å². The quantitative estimate of drug-likeness (QED) is 0.201. The number of imidazole rings is 1. The molecule has 5 aromatic rings. The maximum Gasteiger partial charge on any atom is 0.407 e. The Labute approximate surface area is 267 Å². The molecule has 236 valence electrons. The van der Waals surface area contributed by atoms with Crippen molar-refractivity contribution in [2.75, 3.05) is 26.7 Å².